The number of para-hydroxylation sites is 1. The molecule has 0 fully saturated rings. The third-order valence-corrected chi connectivity index (χ3v) is 3.59. The van der Waals surface area contributed by atoms with Crippen molar-refractivity contribution in [3.63, 3.8) is 0 Å². The van der Waals surface area contributed by atoms with E-state index in [0.29, 0.717) is 12.3 Å². The van der Waals surface area contributed by atoms with Crippen molar-refractivity contribution < 1.29 is 26.7 Å². The second-order valence-corrected chi connectivity index (χ2v) is 6.20. The van der Waals surface area contributed by atoms with E-state index in [-0.39, 0.29) is 17.0 Å². The molecule has 0 atom stereocenters. The van der Waals surface area contributed by atoms with Crippen molar-refractivity contribution in [3.05, 3.63) is 53.6 Å². The molecule has 2 rings (SSSR count). The first-order valence-electron chi connectivity index (χ1n) is 7.73. The Bertz CT molecular complexity index is 759. The van der Waals surface area contributed by atoms with E-state index in [0.717, 1.165) is 17.7 Å². The lowest BCUT2D eigenvalue weighted by atomic mass is 10.0. The average Bonchev–Trinajstić information content (AvgIpc) is 2.49. The van der Waals surface area contributed by atoms with Gasteiger partial charge in [0, 0.05) is 18.5 Å². The van der Waals surface area contributed by atoms with Crippen LogP contribution in [0.4, 0.5) is 27.6 Å². The van der Waals surface area contributed by atoms with Crippen LogP contribution >= 0.6 is 0 Å². The zero-order valence-electron chi connectivity index (χ0n) is 14.3. The molecule has 26 heavy (non-hydrogen) atoms. The molecule has 2 N–H and O–H groups in total. The first kappa shape index (κ1) is 20.0. The highest BCUT2D eigenvalue weighted by molar-refractivity contribution is 5.56. The van der Waals surface area contributed by atoms with Crippen LogP contribution in [-0.4, -0.2) is 31.1 Å². The van der Waals surface area contributed by atoms with E-state index in [1.165, 1.54) is 6.07 Å². The molecule has 0 spiro atoms. The monoisotopic (exact) mass is 369 g/mol. The maximum absolute atomic E-state index is 13.2. The van der Waals surface area contributed by atoms with E-state index in [4.69, 9.17) is 10.5 Å². The first-order chi connectivity index (χ1) is 12.0. The molecule has 0 radical (unpaired) electrons. The SMILES string of the molecule is CN(C)Cc1ccccc1Oc1ccc(CC([18F])([18F])C([18F])([18F])[18F])cc1N. The molecule has 8 heteroatoms. The minimum Gasteiger partial charge on any atom is -0.455 e. The molecule has 0 amide bonds. The topological polar surface area (TPSA) is 38.5 Å². The average molecular weight is 369 g/mol. The zero-order valence-corrected chi connectivity index (χ0v) is 14.3. The lowest BCUT2D eigenvalue weighted by Gasteiger charge is -2.20. The molecular formula is C18H19F5N2O. The van der Waals surface area contributed by atoms with Crippen molar-refractivity contribution in [3.8, 4) is 11.5 Å². The van der Waals surface area contributed by atoms with Crippen LogP contribution in [0.2, 0.25) is 0 Å². The van der Waals surface area contributed by atoms with Gasteiger partial charge in [-0.3, -0.25) is 0 Å². The largest absolute Gasteiger partial charge is 0.455 e. The van der Waals surface area contributed by atoms with Crippen molar-refractivity contribution >= 4 is 5.69 Å². The number of halogens is 5. The Morgan fingerprint density at radius 3 is 2.19 bits per heavy atom. The highest BCUT2D eigenvalue weighted by Crippen LogP contribution is 2.39. The molecule has 0 unspecified atom stereocenters. The van der Waals surface area contributed by atoms with Gasteiger partial charge in [0.1, 0.15) is 11.5 Å². The number of hydrogen-bond donors (Lipinski definition) is 1. The van der Waals surface area contributed by atoms with Crippen LogP contribution in [0.25, 0.3) is 0 Å². The molecule has 0 aliphatic rings. The molecular weight excluding hydrogens is 350 g/mol. The summed E-state index contributed by atoms with van der Waals surface area (Å²) in [6, 6.07) is 10.7. The van der Waals surface area contributed by atoms with Crippen molar-refractivity contribution in [2.45, 2.75) is 25.1 Å². The molecule has 0 aliphatic carbocycles. The first-order valence-corrected chi connectivity index (χ1v) is 7.73. The van der Waals surface area contributed by atoms with Gasteiger partial charge in [-0.2, -0.15) is 22.0 Å². The second kappa shape index (κ2) is 7.49. The van der Waals surface area contributed by atoms with Crippen LogP contribution < -0.4 is 10.5 Å². The predicted molar refractivity (Wildman–Crippen MR) is 89.5 cm³/mol. The molecule has 0 aromatic heterocycles. The lowest BCUT2D eigenvalue weighted by molar-refractivity contribution is -0.281. The summed E-state index contributed by atoms with van der Waals surface area (Å²) in [5.74, 6) is -4.10. The van der Waals surface area contributed by atoms with Crippen molar-refractivity contribution in [1.82, 2.24) is 4.90 Å². The van der Waals surface area contributed by atoms with E-state index in [1.807, 2.05) is 31.1 Å². The van der Waals surface area contributed by atoms with E-state index in [9.17, 15) is 22.0 Å². The van der Waals surface area contributed by atoms with Crippen LogP contribution in [0.1, 0.15) is 11.1 Å². The molecule has 0 bridgehead atoms. The number of benzene rings is 2. The number of alkyl halides is 5. The van der Waals surface area contributed by atoms with E-state index < -0.39 is 18.5 Å². The Morgan fingerprint density at radius 2 is 1.62 bits per heavy atom. The Labute approximate surface area is 148 Å². The Hall–Kier alpha value is -2.35. The summed E-state index contributed by atoms with van der Waals surface area (Å²) >= 11 is 0. The van der Waals surface area contributed by atoms with Gasteiger partial charge in [0.2, 0.25) is 0 Å². The van der Waals surface area contributed by atoms with E-state index in [1.54, 1.807) is 12.1 Å². The minimum atomic E-state index is -5.61. The molecule has 2 aromatic carbocycles. The molecule has 0 saturated heterocycles. The third kappa shape index (κ3) is 4.85. The van der Waals surface area contributed by atoms with Gasteiger partial charge in [0.05, 0.1) is 5.69 Å². The maximum atomic E-state index is 13.2. The lowest BCUT2D eigenvalue weighted by Crippen LogP contribution is -2.38. The summed E-state index contributed by atoms with van der Waals surface area (Å²) in [6.07, 6.45) is -7.08. The molecule has 142 valence electrons. The summed E-state index contributed by atoms with van der Waals surface area (Å²) in [7, 11) is 3.78. The summed E-state index contributed by atoms with van der Waals surface area (Å²) in [5.41, 5.74) is 6.43. The van der Waals surface area contributed by atoms with Crippen LogP contribution in [0.5, 0.6) is 11.5 Å². The third-order valence-electron chi connectivity index (χ3n) is 3.59. The predicted octanol–water partition coefficient (Wildman–Crippen LogP) is 4.86. The smallest absolute Gasteiger partial charge is 0.453 e. The van der Waals surface area contributed by atoms with Crippen molar-refractivity contribution in [2.24, 2.45) is 0 Å². The van der Waals surface area contributed by atoms with Gasteiger partial charge < -0.3 is 15.4 Å². The Morgan fingerprint density at radius 1 is 0.962 bits per heavy atom. The number of nitrogens with zero attached hydrogens (tertiary/aromatic N) is 1. The van der Waals surface area contributed by atoms with Crippen LogP contribution in [0.15, 0.2) is 42.5 Å². The second-order valence-electron chi connectivity index (χ2n) is 6.20. The normalized spacial score (nSPS) is 12.5. The van der Waals surface area contributed by atoms with Gasteiger partial charge >= 0.3 is 12.1 Å². The number of rotatable bonds is 6. The van der Waals surface area contributed by atoms with Gasteiger partial charge in [0.25, 0.3) is 0 Å². The summed E-state index contributed by atoms with van der Waals surface area (Å²) in [4.78, 5) is 1.94. The van der Waals surface area contributed by atoms with Gasteiger partial charge in [-0.05, 0) is 37.9 Å². The summed E-state index contributed by atoms with van der Waals surface area (Å²) in [6.45, 7) is 0.603. The minimum absolute atomic E-state index is 0.0138. The Kier molecular flexibility index (Phi) is 5.75. The zero-order chi connectivity index (χ0) is 19.5. The fourth-order valence-electron chi connectivity index (χ4n) is 2.35. The van der Waals surface area contributed by atoms with Crippen molar-refractivity contribution in [2.75, 3.05) is 19.8 Å². The Balaban J connectivity index is 2.21. The standard InChI is InChI=1S/C18H19F5N2O/c1-25(2)11-13-5-3-4-6-15(13)26-16-8-7-12(9-14(16)24)10-17(19,20)18(21,22)23/h3-9H,10-11,24H2,1-2H3/i19-1,20-1,21-1,22-1,23-1. The maximum Gasteiger partial charge on any atom is 0.453 e. The fourth-order valence-corrected chi connectivity index (χ4v) is 2.35. The number of ether oxygens (including phenoxy) is 1. The van der Waals surface area contributed by atoms with Gasteiger partial charge in [-0.25, -0.2) is 0 Å². The highest BCUT2D eigenvalue weighted by atomic mass is 18.5. The molecule has 0 heterocycles. The van der Waals surface area contributed by atoms with Gasteiger partial charge in [-0.15, -0.1) is 0 Å². The van der Waals surface area contributed by atoms with E-state index >= 15 is 0 Å². The molecule has 3 nitrogen and oxygen atoms in total. The summed E-state index contributed by atoms with van der Waals surface area (Å²) < 4.78 is 69.0. The van der Waals surface area contributed by atoms with Crippen LogP contribution in [0, 0.1) is 0 Å². The highest BCUT2D eigenvalue weighted by Gasteiger charge is 2.57. The quantitative estimate of drug-likeness (QED) is 0.584. The number of anilines is 1. The van der Waals surface area contributed by atoms with Crippen LogP contribution in [0.3, 0.4) is 0 Å². The fraction of sp³-hybridized carbons (Fsp3) is 0.333. The number of nitrogens with two attached hydrogens (primary N) is 1. The van der Waals surface area contributed by atoms with E-state index in [2.05, 4.69) is 0 Å². The van der Waals surface area contributed by atoms with Gasteiger partial charge in [0.15, 0.2) is 0 Å². The van der Waals surface area contributed by atoms with Crippen LogP contribution in [-0.2, 0) is 13.0 Å². The summed E-state index contributed by atoms with van der Waals surface area (Å²) in [5, 5.41) is 0. The molecule has 0 aliphatic heterocycles. The molecule has 0 saturated carbocycles. The van der Waals surface area contributed by atoms with Crippen molar-refractivity contribution in [1.29, 1.82) is 0 Å². The molecule has 2 aromatic rings. The number of hydrogen-bond acceptors (Lipinski definition) is 3. The number of nitrogen functional groups attached to an aromatic ring is 1. The van der Waals surface area contributed by atoms with Gasteiger partial charge in [-0.1, -0.05) is 24.3 Å².